The van der Waals surface area contributed by atoms with Crippen molar-refractivity contribution < 1.29 is 34.4 Å². The number of ether oxygens (including phenoxy) is 2. The predicted octanol–water partition coefficient (Wildman–Crippen LogP) is 0.867. The zero-order chi connectivity index (χ0) is 18.7. The Morgan fingerprint density at radius 3 is 2.21 bits per heavy atom. The summed E-state index contributed by atoms with van der Waals surface area (Å²) in [7, 11) is 0. The highest BCUT2D eigenvalue weighted by Gasteiger charge is 2.24. The van der Waals surface area contributed by atoms with E-state index < -0.39 is 36.4 Å². The van der Waals surface area contributed by atoms with Crippen LogP contribution in [0.2, 0.25) is 0 Å². The van der Waals surface area contributed by atoms with Crippen LogP contribution in [0.25, 0.3) is 0 Å². The van der Waals surface area contributed by atoms with Crippen LogP contribution in [0.4, 0.5) is 0 Å². The fourth-order valence-electron chi connectivity index (χ4n) is 1.65. The summed E-state index contributed by atoms with van der Waals surface area (Å²) in [6.07, 6.45) is -0.311. The van der Waals surface area contributed by atoms with Crippen molar-refractivity contribution in [2.75, 3.05) is 6.61 Å². The molecule has 0 aromatic heterocycles. The van der Waals surface area contributed by atoms with Crippen molar-refractivity contribution in [3.05, 3.63) is 23.8 Å². The van der Waals surface area contributed by atoms with Crippen molar-refractivity contribution in [1.29, 1.82) is 0 Å². The zero-order valence-corrected chi connectivity index (χ0v) is 14.6. The standard InChI is InChI=1S/C17H28O7/c1-5-11(3)17(22)24-15(9-10-16(21)23-6-2)14(20)8-7-13(19)12(4)18/h5,7-8,12-15,18-20H,6,9-10H2,1-4H3/b8-7+,11-5+/t12-,13-,14-,15?/m0/s1. The van der Waals surface area contributed by atoms with Gasteiger partial charge >= 0.3 is 11.9 Å². The topological polar surface area (TPSA) is 113 Å². The van der Waals surface area contributed by atoms with Gasteiger partial charge in [0.05, 0.1) is 18.8 Å². The van der Waals surface area contributed by atoms with Gasteiger partial charge in [-0.25, -0.2) is 4.79 Å². The molecule has 7 heteroatoms. The maximum absolute atomic E-state index is 11.9. The molecule has 0 aromatic carbocycles. The van der Waals surface area contributed by atoms with Gasteiger partial charge in [0.2, 0.25) is 0 Å². The summed E-state index contributed by atoms with van der Waals surface area (Å²) in [5.74, 6) is -1.06. The smallest absolute Gasteiger partial charge is 0.333 e. The fraction of sp³-hybridized carbons (Fsp3) is 0.647. The number of hydrogen-bond donors (Lipinski definition) is 3. The largest absolute Gasteiger partial charge is 0.466 e. The van der Waals surface area contributed by atoms with Crippen molar-refractivity contribution in [2.24, 2.45) is 0 Å². The molecule has 0 rings (SSSR count). The van der Waals surface area contributed by atoms with Crippen LogP contribution in [0, 0.1) is 0 Å². The Morgan fingerprint density at radius 2 is 1.71 bits per heavy atom. The normalized spacial score (nSPS) is 17.2. The van der Waals surface area contributed by atoms with Gasteiger partial charge < -0.3 is 24.8 Å². The third kappa shape index (κ3) is 8.81. The highest BCUT2D eigenvalue weighted by molar-refractivity contribution is 5.87. The Bertz CT molecular complexity index is 454. The molecule has 0 aromatic rings. The minimum absolute atomic E-state index is 0.0233. The Kier molecular flexibility index (Phi) is 10.9. The molecule has 0 aliphatic heterocycles. The van der Waals surface area contributed by atoms with Gasteiger partial charge in [-0.05, 0) is 34.1 Å². The molecule has 0 radical (unpaired) electrons. The first kappa shape index (κ1) is 22.3. The van der Waals surface area contributed by atoms with E-state index in [1.165, 1.54) is 19.1 Å². The van der Waals surface area contributed by atoms with E-state index in [0.29, 0.717) is 5.57 Å². The minimum Gasteiger partial charge on any atom is -0.466 e. The van der Waals surface area contributed by atoms with Gasteiger partial charge in [0, 0.05) is 12.0 Å². The van der Waals surface area contributed by atoms with Crippen LogP contribution in [0.3, 0.4) is 0 Å². The Hall–Kier alpha value is -1.70. The molecule has 7 nitrogen and oxygen atoms in total. The van der Waals surface area contributed by atoms with Gasteiger partial charge in [-0.2, -0.15) is 0 Å². The molecule has 0 bridgehead atoms. The monoisotopic (exact) mass is 344 g/mol. The van der Waals surface area contributed by atoms with Gasteiger partial charge in [0.25, 0.3) is 0 Å². The molecule has 3 N–H and O–H groups in total. The van der Waals surface area contributed by atoms with Crippen molar-refractivity contribution in [3.8, 4) is 0 Å². The van der Waals surface area contributed by atoms with Gasteiger partial charge in [-0.1, -0.05) is 18.2 Å². The van der Waals surface area contributed by atoms with E-state index in [9.17, 15) is 24.9 Å². The molecule has 0 saturated carbocycles. The lowest BCUT2D eigenvalue weighted by molar-refractivity contribution is -0.152. The SMILES string of the molecule is C/C=C(\C)C(=O)OC(CCC(=O)OCC)[C@@H](O)/C=C/[C@H](O)[C@H](C)O. The number of hydrogen-bond acceptors (Lipinski definition) is 7. The lowest BCUT2D eigenvalue weighted by atomic mass is 10.1. The van der Waals surface area contributed by atoms with Gasteiger partial charge in [0.15, 0.2) is 0 Å². The average Bonchev–Trinajstić information content (AvgIpc) is 2.54. The molecule has 4 atom stereocenters. The molecule has 138 valence electrons. The maximum Gasteiger partial charge on any atom is 0.333 e. The quantitative estimate of drug-likeness (QED) is 0.306. The van der Waals surface area contributed by atoms with E-state index >= 15 is 0 Å². The molecule has 0 heterocycles. The first-order valence-corrected chi connectivity index (χ1v) is 7.94. The van der Waals surface area contributed by atoms with Gasteiger partial charge in [-0.3, -0.25) is 4.79 Å². The highest BCUT2D eigenvalue weighted by Crippen LogP contribution is 2.13. The van der Waals surface area contributed by atoms with Crippen LogP contribution in [0.15, 0.2) is 23.8 Å². The summed E-state index contributed by atoms with van der Waals surface area (Å²) in [6, 6.07) is 0. The molecule has 0 amide bonds. The number of allylic oxidation sites excluding steroid dienone is 1. The van der Waals surface area contributed by atoms with Crippen LogP contribution < -0.4 is 0 Å². The van der Waals surface area contributed by atoms with Crippen molar-refractivity contribution in [3.63, 3.8) is 0 Å². The molecule has 0 fully saturated rings. The second-order valence-corrected chi connectivity index (χ2v) is 5.37. The number of esters is 2. The number of aliphatic hydroxyl groups is 3. The molecular formula is C17H28O7. The molecule has 0 aliphatic carbocycles. The summed E-state index contributed by atoms with van der Waals surface area (Å²) >= 11 is 0. The van der Waals surface area contributed by atoms with E-state index in [0.717, 1.165) is 0 Å². The lowest BCUT2D eigenvalue weighted by Gasteiger charge is -2.21. The zero-order valence-electron chi connectivity index (χ0n) is 14.6. The van der Waals surface area contributed by atoms with Gasteiger partial charge in [0.1, 0.15) is 12.2 Å². The van der Waals surface area contributed by atoms with E-state index in [1.807, 2.05) is 0 Å². The summed E-state index contributed by atoms with van der Waals surface area (Å²) < 4.78 is 10.0. The number of rotatable bonds is 10. The molecule has 24 heavy (non-hydrogen) atoms. The van der Waals surface area contributed by atoms with E-state index in [2.05, 4.69) is 0 Å². The second kappa shape index (κ2) is 11.8. The van der Waals surface area contributed by atoms with Crippen molar-refractivity contribution in [1.82, 2.24) is 0 Å². The summed E-state index contributed by atoms with van der Waals surface area (Å²) in [5.41, 5.74) is 0.372. The molecular weight excluding hydrogens is 316 g/mol. The molecule has 0 spiro atoms. The van der Waals surface area contributed by atoms with Crippen LogP contribution in [-0.4, -0.2) is 58.3 Å². The van der Waals surface area contributed by atoms with Crippen LogP contribution in [-0.2, 0) is 19.1 Å². The Morgan fingerprint density at radius 1 is 1.12 bits per heavy atom. The Balaban J connectivity index is 4.95. The first-order chi connectivity index (χ1) is 11.2. The van der Waals surface area contributed by atoms with Crippen molar-refractivity contribution >= 4 is 11.9 Å². The Labute approximate surface area is 142 Å². The van der Waals surface area contributed by atoms with Crippen LogP contribution in [0.5, 0.6) is 0 Å². The van der Waals surface area contributed by atoms with E-state index in [-0.39, 0.29) is 19.4 Å². The van der Waals surface area contributed by atoms with Gasteiger partial charge in [-0.15, -0.1) is 0 Å². The molecule has 1 unspecified atom stereocenters. The average molecular weight is 344 g/mol. The number of aliphatic hydroxyl groups excluding tert-OH is 3. The molecule has 0 saturated heterocycles. The summed E-state index contributed by atoms with van der Waals surface area (Å²) in [5, 5.41) is 28.9. The van der Waals surface area contributed by atoms with Crippen LogP contribution >= 0.6 is 0 Å². The van der Waals surface area contributed by atoms with Crippen molar-refractivity contribution in [2.45, 2.75) is 65.0 Å². The summed E-state index contributed by atoms with van der Waals surface area (Å²) in [4.78, 5) is 23.3. The molecule has 0 aliphatic rings. The minimum atomic E-state index is -1.23. The third-order valence-corrected chi connectivity index (χ3v) is 3.33. The van der Waals surface area contributed by atoms with Crippen LogP contribution in [0.1, 0.15) is 40.5 Å². The maximum atomic E-state index is 11.9. The fourth-order valence-corrected chi connectivity index (χ4v) is 1.65. The first-order valence-electron chi connectivity index (χ1n) is 7.94. The summed E-state index contributed by atoms with van der Waals surface area (Å²) in [6.45, 7) is 6.57. The lowest BCUT2D eigenvalue weighted by Crippen LogP contribution is -2.32. The number of carbonyl (C=O) groups is 2. The van der Waals surface area contributed by atoms with E-state index in [4.69, 9.17) is 9.47 Å². The third-order valence-electron chi connectivity index (χ3n) is 3.33. The van der Waals surface area contributed by atoms with E-state index in [1.54, 1.807) is 26.8 Å². The number of carbonyl (C=O) groups excluding carboxylic acids is 2. The predicted molar refractivity (Wildman–Crippen MR) is 88.0 cm³/mol. The second-order valence-electron chi connectivity index (χ2n) is 5.37. The highest BCUT2D eigenvalue weighted by atomic mass is 16.6.